The molecule has 0 aliphatic heterocycles. The first-order valence-corrected chi connectivity index (χ1v) is 15.5. The van der Waals surface area contributed by atoms with E-state index in [1.54, 1.807) is 12.4 Å². The molecule has 248 valence electrons. The molecule has 0 bridgehead atoms. The Kier molecular flexibility index (Phi) is 18.0. The SMILES string of the molecule is CC(C)c1ccccc1N=Cc1cccc(C(C)(C)C)c1[O-].CC(C)c1ccccc1N=Cc1cccc(C(C)(C)C)c1[O-].[Cl-].[Cl-].[Ti+4]. The summed E-state index contributed by atoms with van der Waals surface area (Å²) < 4.78 is 0. The predicted octanol–water partition coefficient (Wildman–Crippen LogP) is 3.87. The number of halogens is 2. The Morgan fingerprint density at radius 1 is 0.511 bits per heavy atom. The zero-order valence-corrected chi connectivity index (χ0v) is 32.4. The first-order chi connectivity index (χ1) is 20.6. The van der Waals surface area contributed by atoms with Gasteiger partial charge < -0.3 is 35.0 Å². The average Bonchev–Trinajstić information content (AvgIpc) is 2.95. The number of hydrogen-bond acceptors (Lipinski definition) is 4. The summed E-state index contributed by atoms with van der Waals surface area (Å²) in [7, 11) is 0. The second-order valence-corrected chi connectivity index (χ2v) is 13.9. The molecule has 4 aromatic rings. The van der Waals surface area contributed by atoms with E-state index in [2.05, 4.69) is 91.4 Å². The summed E-state index contributed by atoms with van der Waals surface area (Å²) in [6.07, 6.45) is 3.39. The smallest absolute Gasteiger partial charge is 1.00 e. The molecule has 0 saturated carbocycles. The molecule has 0 heterocycles. The normalized spacial score (nSPS) is 11.5. The molecule has 4 rings (SSSR count). The van der Waals surface area contributed by atoms with Gasteiger partial charge in [-0.15, -0.1) is 0 Å². The summed E-state index contributed by atoms with van der Waals surface area (Å²) >= 11 is 0. The van der Waals surface area contributed by atoms with Gasteiger partial charge in [0.1, 0.15) is 0 Å². The van der Waals surface area contributed by atoms with Crippen LogP contribution in [-0.4, -0.2) is 12.4 Å². The van der Waals surface area contributed by atoms with Crippen LogP contribution >= 0.6 is 0 Å². The molecule has 0 atom stereocenters. The Morgan fingerprint density at radius 2 is 0.830 bits per heavy atom. The van der Waals surface area contributed by atoms with Crippen LogP contribution in [0.1, 0.15) is 114 Å². The summed E-state index contributed by atoms with van der Waals surface area (Å²) in [6.45, 7) is 20.9. The Labute approximate surface area is 310 Å². The standard InChI is InChI=1S/2C20H25NO.2ClH.Ti/c2*1-14(2)16-10-6-7-12-18(16)21-13-15-9-8-11-17(19(15)22)20(3,4)5;;;/h2*6-14,22H,1-5H3;2*1H;/q;;;;+4/p-4. The van der Waals surface area contributed by atoms with Crippen LogP contribution in [0.25, 0.3) is 0 Å². The van der Waals surface area contributed by atoms with Crippen LogP contribution in [-0.2, 0) is 32.5 Å². The molecule has 0 saturated heterocycles. The maximum Gasteiger partial charge on any atom is 4.00 e. The third-order valence-electron chi connectivity index (χ3n) is 7.51. The van der Waals surface area contributed by atoms with Gasteiger partial charge >= 0.3 is 21.7 Å². The van der Waals surface area contributed by atoms with Crippen LogP contribution in [0.4, 0.5) is 11.4 Å². The minimum Gasteiger partial charge on any atom is -1.00 e. The van der Waals surface area contributed by atoms with E-state index in [1.165, 1.54) is 11.1 Å². The van der Waals surface area contributed by atoms with E-state index in [0.717, 1.165) is 22.5 Å². The van der Waals surface area contributed by atoms with Crippen molar-refractivity contribution in [3.05, 3.63) is 118 Å². The third-order valence-corrected chi connectivity index (χ3v) is 7.51. The van der Waals surface area contributed by atoms with Crippen molar-refractivity contribution in [2.45, 2.75) is 91.9 Å². The largest absolute Gasteiger partial charge is 4.00 e. The van der Waals surface area contributed by atoms with Crippen molar-refractivity contribution in [1.82, 2.24) is 0 Å². The zero-order chi connectivity index (χ0) is 32.7. The average molecular weight is 708 g/mol. The van der Waals surface area contributed by atoms with E-state index in [4.69, 9.17) is 0 Å². The molecule has 0 unspecified atom stereocenters. The number of para-hydroxylation sites is 4. The molecule has 0 fully saturated rings. The van der Waals surface area contributed by atoms with E-state index < -0.39 is 0 Å². The van der Waals surface area contributed by atoms with Gasteiger partial charge in [-0.25, -0.2) is 0 Å². The van der Waals surface area contributed by atoms with E-state index >= 15 is 0 Å². The molecule has 0 aromatic heterocycles. The number of benzene rings is 4. The van der Waals surface area contributed by atoms with Gasteiger partial charge in [0.15, 0.2) is 0 Å². The number of aliphatic imine (C=N–C) groups is 2. The van der Waals surface area contributed by atoms with Gasteiger partial charge in [-0.1, -0.05) is 154 Å². The Morgan fingerprint density at radius 3 is 1.13 bits per heavy atom. The van der Waals surface area contributed by atoms with E-state index in [1.807, 2.05) is 72.8 Å². The molecule has 0 N–H and O–H groups in total. The minimum absolute atomic E-state index is 0. The molecule has 47 heavy (non-hydrogen) atoms. The van der Waals surface area contributed by atoms with E-state index in [9.17, 15) is 10.2 Å². The molecule has 0 spiro atoms. The minimum atomic E-state index is -0.156. The summed E-state index contributed by atoms with van der Waals surface area (Å²) in [6, 6.07) is 27.5. The van der Waals surface area contributed by atoms with Crippen LogP contribution < -0.4 is 35.0 Å². The quantitative estimate of drug-likeness (QED) is 0.226. The molecule has 7 heteroatoms. The Bertz CT molecular complexity index is 1500. The maximum absolute atomic E-state index is 12.6. The fourth-order valence-electron chi connectivity index (χ4n) is 4.96. The summed E-state index contributed by atoms with van der Waals surface area (Å²) in [5.74, 6) is 0.948. The van der Waals surface area contributed by atoms with Crippen LogP contribution in [0.15, 0.2) is 94.9 Å². The number of rotatable bonds is 6. The molecule has 0 radical (unpaired) electrons. The molecular formula is C40H48Cl2N2O2Ti. The van der Waals surface area contributed by atoms with Crippen molar-refractivity contribution >= 4 is 23.8 Å². The van der Waals surface area contributed by atoms with Crippen molar-refractivity contribution in [3.63, 3.8) is 0 Å². The van der Waals surface area contributed by atoms with Gasteiger partial charge in [0.2, 0.25) is 0 Å². The van der Waals surface area contributed by atoms with Crippen LogP contribution in [0.3, 0.4) is 0 Å². The van der Waals surface area contributed by atoms with Crippen molar-refractivity contribution in [3.8, 4) is 11.5 Å². The second kappa shape index (κ2) is 19.2. The van der Waals surface area contributed by atoms with Crippen LogP contribution in [0, 0.1) is 0 Å². The molecule has 4 aromatic carbocycles. The van der Waals surface area contributed by atoms with Gasteiger partial charge in [-0.3, -0.25) is 9.98 Å². The first kappa shape index (κ1) is 44.1. The van der Waals surface area contributed by atoms with E-state index in [-0.39, 0.29) is 68.9 Å². The first-order valence-electron chi connectivity index (χ1n) is 15.5. The van der Waals surface area contributed by atoms with Gasteiger partial charge in [0.25, 0.3) is 0 Å². The summed E-state index contributed by atoms with van der Waals surface area (Å²) in [5.41, 5.74) is 6.87. The Balaban J connectivity index is 0.000000846. The van der Waals surface area contributed by atoms with Crippen molar-refractivity contribution < 1.29 is 56.7 Å². The van der Waals surface area contributed by atoms with Gasteiger partial charge in [0.05, 0.1) is 11.4 Å². The topological polar surface area (TPSA) is 70.8 Å². The molecule has 0 aliphatic carbocycles. The second-order valence-electron chi connectivity index (χ2n) is 13.9. The molecular weight excluding hydrogens is 659 g/mol. The fraction of sp³-hybridized carbons (Fsp3) is 0.350. The fourth-order valence-corrected chi connectivity index (χ4v) is 4.96. The predicted molar refractivity (Wildman–Crippen MR) is 185 cm³/mol. The van der Waals surface area contributed by atoms with Crippen molar-refractivity contribution in [2.75, 3.05) is 0 Å². The number of nitrogens with zero attached hydrogens (tertiary/aromatic N) is 2. The maximum atomic E-state index is 12.6. The zero-order valence-electron chi connectivity index (χ0n) is 29.4. The van der Waals surface area contributed by atoms with Crippen LogP contribution in [0.2, 0.25) is 0 Å². The van der Waals surface area contributed by atoms with Crippen molar-refractivity contribution in [2.24, 2.45) is 9.98 Å². The number of hydrogen-bond donors (Lipinski definition) is 0. The Hall–Kier alpha value is -2.89. The van der Waals surface area contributed by atoms with Gasteiger partial charge in [0, 0.05) is 12.4 Å². The van der Waals surface area contributed by atoms with E-state index in [0.29, 0.717) is 23.0 Å². The third kappa shape index (κ3) is 12.3. The molecule has 0 amide bonds. The van der Waals surface area contributed by atoms with Gasteiger partial charge in [-0.2, -0.15) is 0 Å². The summed E-state index contributed by atoms with van der Waals surface area (Å²) in [4.78, 5) is 9.11. The molecule has 0 aliphatic rings. The molecule has 4 nitrogen and oxygen atoms in total. The monoisotopic (exact) mass is 706 g/mol. The summed E-state index contributed by atoms with van der Waals surface area (Å²) in [5, 5.41) is 25.1. The van der Waals surface area contributed by atoms with Crippen LogP contribution in [0.5, 0.6) is 11.5 Å². The van der Waals surface area contributed by atoms with Gasteiger partial charge in [-0.05, 0) is 68.2 Å². The van der Waals surface area contributed by atoms with Crippen molar-refractivity contribution in [1.29, 1.82) is 0 Å².